The average molecular weight is 416 g/mol. The summed E-state index contributed by atoms with van der Waals surface area (Å²) in [6.45, 7) is 3.29. The van der Waals surface area contributed by atoms with Crippen LogP contribution in [0, 0.1) is 0 Å². The van der Waals surface area contributed by atoms with E-state index >= 15 is 0 Å². The van der Waals surface area contributed by atoms with Gasteiger partial charge in [0.2, 0.25) is 17.8 Å². The Morgan fingerprint density at radius 2 is 1.53 bits per heavy atom. The van der Waals surface area contributed by atoms with Crippen molar-refractivity contribution in [1.29, 1.82) is 0 Å². The summed E-state index contributed by atoms with van der Waals surface area (Å²) in [6, 6.07) is 10.3. The maximum atomic E-state index is 5.55. The van der Waals surface area contributed by atoms with Crippen LogP contribution >= 0.6 is 0 Å². The van der Waals surface area contributed by atoms with Gasteiger partial charge in [0, 0.05) is 24.8 Å². The molecule has 3 rings (SSSR count). The van der Waals surface area contributed by atoms with Crippen molar-refractivity contribution >= 4 is 23.5 Å². The highest BCUT2D eigenvalue weighted by Gasteiger charge is 2.15. The third kappa shape index (κ3) is 8.10. The molecule has 0 radical (unpaired) electrons. The standard InChI is InChI=1S/C21H33N7O2/c22-11-13-29-15-16-30-14-12-23-19-26-20(24-17-7-3-1-4-8-17)28-21(27-19)25-18-9-5-2-6-10-18/h1,3-4,7-8,18H,2,5-6,9-16,22H2,(H3,23,24,25,26,27,28). The molecule has 0 unspecified atom stereocenters. The van der Waals surface area contributed by atoms with Gasteiger partial charge in [-0.3, -0.25) is 0 Å². The molecule has 2 aromatic rings. The van der Waals surface area contributed by atoms with Crippen LogP contribution in [0.2, 0.25) is 0 Å². The fourth-order valence-electron chi connectivity index (χ4n) is 3.30. The molecule has 9 nitrogen and oxygen atoms in total. The number of hydrogen-bond acceptors (Lipinski definition) is 9. The van der Waals surface area contributed by atoms with Crippen molar-refractivity contribution in [3.05, 3.63) is 30.3 Å². The summed E-state index contributed by atoms with van der Waals surface area (Å²) >= 11 is 0. The summed E-state index contributed by atoms with van der Waals surface area (Å²) in [5.41, 5.74) is 6.31. The molecule has 164 valence electrons. The summed E-state index contributed by atoms with van der Waals surface area (Å²) in [6.07, 6.45) is 6.09. The molecule has 9 heteroatoms. The molecular formula is C21H33N7O2. The van der Waals surface area contributed by atoms with E-state index in [9.17, 15) is 0 Å². The first-order chi connectivity index (χ1) is 14.8. The van der Waals surface area contributed by atoms with Crippen molar-refractivity contribution in [3.63, 3.8) is 0 Å². The Kier molecular flexibility index (Phi) is 9.58. The van der Waals surface area contributed by atoms with E-state index in [-0.39, 0.29) is 0 Å². The number of anilines is 4. The van der Waals surface area contributed by atoms with Gasteiger partial charge >= 0.3 is 0 Å². The molecule has 1 fully saturated rings. The van der Waals surface area contributed by atoms with Crippen molar-refractivity contribution in [1.82, 2.24) is 15.0 Å². The normalized spacial score (nSPS) is 14.4. The minimum atomic E-state index is 0.412. The van der Waals surface area contributed by atoms with Crippen LogP contribution in [0.15, 0.2) is 30.3 Å². The summed E-state index contributed by atoms with van der Waals surface area (Å²) < 4.78 is 10.8. The third-order valence-corrected chi connectivity index (χ3v) is 4.77. The number of benzene rings is 1. The van der Waals surface area contributed by atoms with E-state index in [0.29, 0.717) is 63.4 Å². The number of nitrogens with one attached hydrogen (secondary N) is 3. The number of para-hydroxylation sites is 1. The second-order valence-corrected chi connectivity index (χ2v) is 7.22. The van der Waals surface area contributed by atoms with E-state index in [0.717, 1.165) is 18.5 Å². The Labute approximate surface area is 178 Å². The molecule has 1 aromatic heterocycles. The predicted octanol–water partition coefficient (Wildman–Crippen LogP) is 2.76. The molecule has 0 bridgehead atoms. The lowest BCUT2D eigenvalue weighted by Crippen LogP contribution is -2.24. The number of hydrogen-bond donors (Lipinski definition) is 4. The molecule has 1 aromatic carbocycles. The molecule has 1 heterocycles. The number of nitrogens with two attached hydrogens (primary N) is 1. The lowest BCUT2D eigenvalue weighted by Gasteiger charge is -2.23. The predicted molar refractivity (Wildman–Crippen MR) is 119 cm³/mol. The Bertz CT molecular complexity index is 727. The average Bonchev–Trinajstić information content (AvgIpc) is 2.77. The minimum absolute atomic E-state index is 0.412. The quantitative estimate of drug-likeness (QED) is 0.366. The van der Waals surface area contributed by atoms with Crippen LogP contribution in [0.4, 0.5) is 23.5 Å². The summed E-state index contributed by atoms with van der Waals surface area (Å²) in [7, 11) is 0. The SMILES string of the molecule is NCCOCCOCCNc1nc(Nc2ccccc2)nc(NC2CCCCC2)n1. The Balaban J connectivity index is 1.56. The van der Waals surface area contributed by atoms with Crippen LogP contribution in [-0.2, 0) is 9.47 Å². The van der Waals surface area contributed by atoms with Gasteiger partial charge in [-0.05, 0) is 25.0 Å². The van der Waals surface area contributed by atoms with Gasteiger partial charge in [-0.25, -0.2) is 0 Å². The Morgan fingerprint density at radius 1 is 0.833 bits per heavy atom. The van der Waals surface area contributed by atoms with Crippen molar-refractivity contribution in [2.75, 3.05) is 55.5 Å². The second kappa shape index (κ2) is 12.9. The van der Waals surface area contributed by atoms with Gasteiger partial charge in [0.1, 0.15) is 0 Å². The van der Waals surface area contributed by atoms with Crippen LogP contribution in [0.3, 0.4) is 0 Å². The zero-order chi connectivity index (χ0) is 20.9. The van der Waals surface area contributed by atoms with Crippen molar-refractivity contribution in [2.24, 2.45) is 5.73 Å². The zero-order valence-electron chi connectivity index (χ0n) is 17.5. The lowest BCUT2D eigenvalue weighted by molar-refractivity contribution is 0.0547. The van der Waals surface area contributed by atoms with Crippen molar-refractivity contribution in [3.8, 4) is 0 Å². The van der Waals surface area contributed by atoms with E-state index in [2.05, 4.69) is 30.9 Å². The van der Waals surface area contributed by atoms with E-state index in [1.54, 1.807) is 0 Å². The molecule has 1 aliphatic carbocycles. The molecular weight excluding hydrogens is 382 g/mol. The Hall–Kier alpha value is -2.49. The Morgan fingerprint density at radius 3 is 2.30 bits per heavy atom. The first-order valence-corrected chi connectivity index (χ1v) is 10.8. The van der Waals surface area contributed by atoms with Crippen molar-refractivity contribution in [2.45, 2.75) is 38.1 Å². The highest BCUT2D eigenvalue weighted by Crippen LogP contribution is 2.22. The largest absolute Gasteiger partial charge is 0.378 e. The van der Waals surface area contributed by atoms with Crippen LogP contribution in [0.25, 0.3) is 0 Å². The summed E-state index contributed by atoms with van der Waals surface area (Å²) in [5.74, 6) is 1.62. The first-order valence-electron chi connectivity index (χ1n) is 10.8. The number of rotatable bonds is 13. The maximum Gasteiger partial charge on any atom is 0.233 e. The fourth-order valence-corrected chi connectivity index (χ4v) is 3.30. The highest BCUT2D eigenvalue weighted by atomic mass is 16.5. The lowest BCUT2D eigenvalue weighted by atomic mass is 9.96. The molecule has 0 amide bonds. The number of nitrogens with zero attached hydrogens (tertiary/aromatic N) is 3. The van der Waals surface area contributed by atoms with E-state index < -0.39 is 0 Å². The fraction of sp³-hybridized carbons (Fsp3) is 0.571. The maximum absolute atomic E-state index is 5.55. The van der Waals surface area contributed by atoms with E-state index in [1.807, 2.05) is 30.3 Å². The topological polar surface area (TPSA) is 119 Å². The first kappa shape index (κ1) is 22.2. The van der Waals surface area contributed by atoms with Crippen molar-refractivity contribution < 1.29 is 9.47 Å². The molecule has 5 N–H and O–H groups in total. The second-order valence-electron chi connectivity index (χ2n) is 7.22. The van der Waals surface area contributed by atoms with E-state index in [1.165, 1.54) is 19.3 Å². The number of ether oxygens (including phenoxy) is 2. The van der Waals surface area contributed by atoms with Gasteiger partial charge in [0.15, 0.2) is 0 Å². The monoisotopic (exact) mass is 415 g/mol. The summed E-state index contributed by atoms with van der Waals surface area (Å²) in [4.78, 5) is 13.6. The van der Waals surface area contributed by atoms with Gasteiger partial charge in [0.25, 0.3) is 0 Å². The molecule has 0 saturated heterocycles. The van der Waals surface area contributed by atoms with Crippen LogP contribution < -0.4 is 21.7 Å². The van der Waals surface area contributed by atoms with Gasteiger partial charge in [-0.15, -0.1) is 0 Å². The number of aromatic nitrogens is 3. The van der Waals surface area contributed by atoms with E-state index in [4.69, 9.17) is 15.2 Å². The van der Waals surface area contributed by atoms with Gasteiger partial charge in [0.05, 0.1) is 26.4 Å². The highest BCUT2D eigenvalue weighted by molar-refractivity contribution is 5.55. The van der Waals surface area contributed by atoms with Gasteiger partial charge in [-0.1, -0.05) is 37.5 Å². The molecule has 1 saturated carbocycles. The minimum Gasteiger partial charge on any atom is -0.378 e. The molecule has 0 aliphatic heterocycles. The molecule has 1 aliphatic rings. The van der Waals surface area contributed by atoms with Gasteiger partial charge < -0.3 is 31.2 Å². The third-order valence-electron chi connectivity index (χ3n) is 4.77. The van der Waals surface area contributed by atoms with Crippen LogP contribution in [0.1, 0.15) is 32.1 Å². The zero-order valence-corrected chi connectivity index (χ0v) is 17.5. The van der Waals surface area contributed by atoms with Crippen LogP contribution in [-0.4, -0.2) is 60.5 Å². The molecule has 30 heavy (non-hydrogen) atoms. The molecule has 0 spiro atoms. The smallest absolute Gasteiger partial charge is 0.233 e. The molecule has 0 atom stereocenters. The van der Waals surface area contributed by atoms with Gasteiger partial charge in [-0.2, -0.15) is 15.0 Å². The summed E-state index contributed by atoms with van der Waals surface area (Å²) in [5, 5.41) is 9.95. The van der Waals surface area contributed by atoms with Crippen LogP contribution in [0.5, 0.6) is 0 Å².